The second-order valence-corrected chi connectivity index (χ2v) is 6.14. The molecule has 2 N–H and O–H groups in total. The summed E-state index contributed by atoms with van der Waals surface area (Å²) in [5, 5.41) is 0. The molecule has 1 heterocycles. The standard InChI is InChI=1S/C16H20N2OS.ClH/c1-13-7-8-15(20-13)12-18(16(19)11-17)10-9-14-5-3-2-4-6-14;/h2-8H,9-12,17H2,1H3;1H. The largest absolute Gasteiger partial charge is 0.336 e. The van der Waals surface area contributed by atoms with E-state index in [2.05, 4.69) is 31.2 Å². The highest BCUT2D eigenvalue weighted by Gasteiger charge is 2.13. The molecule has 21 heavy (non-hydrogen) atoms. The van der Waals surface area contributed by atoms with Gasteiger partial charge < -0.3 is 10.6 Å². The number of hydrogen-bond acceptors (Lipinski definition) is 3. The Morgan fingerprint density at radius 3 is 2.48 bits per heavy atom. The van der Waals surface area contributed by atoms with E-state index in [4.69, 9.17) is 5.73 Å². The van der Waals surface area contributed by atoms with Crippen LogP contribution in [0.3, 0.4) is 0 Å². The number of rotatable bonds is 6. The number of aryl methyl sites for hydroxylation is 1. The van der Waals surface area contributed by atoms with Crippen molar-refractivity contribution in [2.24, 2.45) is 5.73 Å². The van der Waals surface area contributed by atoms with E-state index in [-0.39, 0.29) is 24.9 Å². The van der Waals surface area contributed by atoms with E-state index in [1.54, 1.807) is 11.3 Å². The number of carbonyl (C=O) groups excluding carboxylic acids is 1. The third-order valence-electron chi connectivity index (χ3n) is 3.18. The molecule has 2 rings (SSSR count). The van der Waals surface area contributed by atoms with Gasteiger partial charge in [-0.25, -0.2) is 0 Å². The van der Waals surface area contributed by atoms with Crippen LogP contribution in [0.1, 0.15) is 15.3 Å². The third kappa shape index (κ3) is 5.50. The van der Waals surface area contributed by atoms with Gasteiger partial charge >= 0.3 is 0 Å². The molecule has 0 aliphatic rings. The molecule has 1 aromatic heterocycles. The summed E-state index contributed by atoms with van der Waals surface area (Å²) in [5.74, 6) is 0.00647. The number of amides is 1. The smallest absolute Gasteiger partial charge is 0.236 e. The van der Waals surface area contributed by atoms with Crippen LogP contribution in [0.2, 0.25) is 0 Å². The van der Waals surface area contributed by atoms with Crippen molar-refractivity contribution in [1.82, 2.24) is 4.90 Å². The van der Waals surface area contributed by atoms with Crippen LogP contribution in [-0.4, -0.2) is 23.9 Å². The number of nitrogens with zero attached hydrogens (tertiary/aromatic N) is 1. The number of carbonyl (C=O) groups is 1. The Hall–Kier alpha value is -1.36. The van der Waals surface area contributed by atoms with Crippen LogP contribution >= 0.6 is 23.7 Å². The zero-order valence-corrected chi connectivity index (χ0v) is 13.8. The lowest BCUT2D eigenvalue weighted by Gasteiger charge is -2.21. The summed E-state index contributed by atoms with van der Waals surface area (Å²) in [6.45, 7) is 3.50. The van der Waals surface area contributed by atoms with Gasteiger partial charge in [0, 0.05) is 16.3 Å². The van der Waals surface area contributed by atoms with Crippen molar-refractivity contribution in [3.05, 3.63) is 57.8 Å². The number of thiophene rings is 1. The number of nitrogens with two attached hydrogens (primary N) is 1. The monoisotopic (exact) mass is 324 g/mol. The van der Waals surface area contributed by atoms with E-state index in [0.29, 0.717) is 13.1 Å². The Bertz CT molecular complexity index is 556. The molecule has 0 atom stereocenters. The summed E-state index contributed by atoms with van der Waals surface area (Å²) in [6, 6.07) is 14.4. The molecule has 2 aromatic rings. The lowest BCUT2D eigenvalue weighted by Crippen LogP contribution is -2.36. The summed E-state index contributed by atoms with van der Waals surface area (Å²) in [4.78, 5) is 16.3. The van der Waals surface area contributed by atoms with E-state index in [0.717, 1.165) is 6.42 Å². The van der Waals surface area contributed by atoms with E-state index >= 15 is 0 Å². The average Bonchev–Trinajstić information content (AvgIpc) is 2.89. The van der Waals surface area contributed by atoms with Crippen LogP contribution in [-0.2, 0) is 17.8 Å². The molecule has 3 nitrogen and oxygen atoms in total. The van der Waals surface area contributed by atoms with Gasteiger partial charge in [0.1, 0.15) is 0 Å². The van der Waals surface area contributed by atoms with Crippen LogP contribution < -0.4 is 5.73 Å². The molecule has 1 aromatic carbocycles. The third-order valence-corrected chi connectivity index (χ3v) is 4.17. The minimum Gasteiger partial charge on any atom is -0.336 e. The predicted octanol–water partition coefficient (Wildman–Crippen LogP) is 3.01. The fourth-order valence-electron chi connectivity index (χ4n) is 2.09. The molecule has 114 valence electrons. The van der Waals surface area contributed by atoms with Gasteiger partial charge in [-0.3, -0.25) is 4.79 Å². The topological polar surface area (TPSA) is 46.3 Å². The van der Waals surface area contributed by atoms with E-state index in [9.17, 15) is 4.79 Å². The van der Waals surface area contributed by atoms with Gasteiger partial charge in [0.2, 0.25) is 5.91 Å². The first-order valence-electron chi connectivity index (χ1n) is 6.76. The Balaban J connectivity index is 0.00000220. The first-order valence-corrected chi connectivity index (χ1v) is 7.58. The minimum absolute atomic E-state index is 0. The van der Waals surface area contributed by atoms with Gasteiger partial charge in [-0.15, -0.1) is 23.7 Å². The lowest BCUT2D eigenvalue weighted by atomic mass is 10.1. The summed E-state index contributed by atoms with van der Waals surface area (Å²) in [6.07, 6.45) is 0.858. The minimum atomic E-state index is 0. The zero-order chi connectivity index (χ0) is 14.4. The van der Waals surface area contributed by atoms with Gasteiger partial charge in [0.15, 0.2) is 0 Å². The Labute approximate surface area is 136 Å². The van der Waals surface area contributed by atoms with Crippen LogP contribution in [0, 0.1) is 6.92 Å². The maximum absolute atomic E-state index is 11.9. The van der Waals surface area contributed by atoms with Crippen molar-refractivity contribution >= 4 is 29.7 Å². The average molecular weight is 325 g/mol. The molecule has 5 heteroatoms. The predicted molar refractivity (Wildman–Crippen MR) is 90.9 cm³/mol. The molecular formula is C16H21ClN2OS. The molecule has 0 spiro atoms. The van der Waals surface area contributed by atoms with Crippen molar-refractivity contribution in [2.45, 2.75) is 19.9 Å². The van der Waals surface area contributed by atoms with E-state index < -0.39 is 0 Å². The maximum Gasteiger partial charge on any atom is 0.236 e. The van der Waals surface area contributed by atoms with E-state index in [1.165, 1.54) is 15.3 Å². The molecule has 0 unspecified atom stereocenters. The first-order chi connectivity index (χ1) is 9.69. The maximum atomic E-state index is 11.9. The summed E-state index contributed by atoms with van der Waals surface area (Å²) < 4.78 is 0. The van der Waals surface area contributed by atoms with Gasteiger partial charge in [-0.05, 0) is 31.0 Å². The summed E-state index contributed by atoms with van der Waals surface area (Å²) in [5.41, 5.74) is 6.75. The Kier molecular flexibility index (Phi) is 7.43. The van der Waals surface area contributed by atoms with Gasteiger partial charge in [0.05, 0.1) is 13.1 Å². The van der Waals surface area contributed by atoms with Gasteiger partial charge in [-0.1, -0.05) is 30.3 Å². The molecular weight excluding hydrogens is 304 g/mol. The molecule has 0 aliphatic carbocycles. The number of benzene rings is 1. The quantitative estimate of drug-likeness (QED) is 0.888. The van der Waals surface area contributed by atoms with Crippen LogP contribution in [0.5, 0.6) is 0 Å². The SMILES string of the molecule is Cc1ccc(CN(CCc2ccccc2)C(=O)CN)s1.Cl. The molecule has 1 amide bonds. The van der Waals surface area contributed by atoms with Crippen molar-refractivity contribution < 1.29 is 4.79 Å². The van der Waals surface area contributed by atoms with Crippen LogP contribution in [0.25, 0.3) is 0 Å². The van der Waals surface area contributed by atoms with Crippen molar-refractivity contribution in [3.63, 3.8) is 0 Å². The van der Waals surface area contributed by atoms with Gasteiger partial charge in [-0.2, -0.15) is 0 Å². The first kappa shape index (κ1) is 17.7. The van der Waals surface area contributed by atoms with Crippen molar-refractivity contribution in [2.75, 3.05) is 13.1 Å². The highest BCUT2D eigenvalue weighted by molar-refractivity contribution is 7.11. The summed E-state index contributed by atoms with van der Waals surface area (Å²) >= 11 is 1.73. The van der Waals surface area contributed by atoms with Gasteiger partial charge in [0.25, 0.3) is 0 Å². The Morgan fingerprint density at radius 2 is 1.90 bits per heavy atom. The molecule has 0 aliphatic heterocycles. The van der Waals surface area contributed by atoms with Crippen LogP contribution in [0.15, 0.2) is 42.5 Å². The molecule has 0 saturated heterocycles. The second-order valence-electron chi connectivity index (χ2n) is 4.77. The Morgan fingerprint density at radius 1 is 1.19 bits per heavy atom. The normalized spacial score (nSPS) is 10.0. The summed E-state index contributed by atoms with van der Waals surface area (Å²) in [7, 11) is 0. The van der Waals surface area contributed by atoms with Crippen molar-refractivity contribution in [1.29, 1.82) is 0 Å². The van der Waals surface area contributed by atoms with E-state index in [1.807, 2.05) is 23.1 Å². The molecule has 0 saturated carbocycles. The second kappa shape index (κ2) is 8.82. The fourth-order valence-corrected chi connectivity index (χ4v) is 2.99. The molecule has 0 fully saturated rings. The van der Waals surface area contributed by atoms with Crippen molar-refractivity contribution in [3.8, 4) is 0 Å². The zero-order valence-electron chi connectivity index (χ0n) is 12.1. The van der Waals surface area contributed by atoms with Crippen LogP contribution in [0.4, 0.5) is 0 Å². The number of hydrogen-bond donors (Lipinski definition) is 1. The lowest BCUT2D eigenvalue weighted by molar-refractivity contribution is -0.130. The highest BCUT2D eigenvalue weighted by atomic mass is 35.5. The fraction of sp³-hybridized carbons (Fsp3) is 0.312. The number of halogens is 1. The highest BCUT2D eigenvalue weighted by Crippen LogP contribution is 2.17. The molecule has 0 radical (unpaired) electrons. The molecule has 0 bridgehead atoms.